The van der Waals surface area contributed by atoms with Gasteiger partial charge in [-0.15, -0.1) is 0 Å². The van der Waals surface area contributed by atoms with Crippen molar-refractivity contribution in [1.29, 1.82) is 0 Å². The summed E-state index contributed by atoms with van der Waals surface area (Å²) in [7, 11) is 1.24. The van der Waals surface area contributed by atoms with Crippen LogP contribution in [0, 0.1) is 0 Å². The third-order valence-corrected chi connectivity index (χ3v) is 3.21. The molecule has 1 heterocycles. The molecule has 0 saturated heterocycles. The Labute approximate surface area is 102 Å². The molecule has 0 spiro atoms. The third kappa shape index (κ3) is 2.72. The Morgan fingerprint density at radius 3 is 3.06 bits per heavy atom. The van der Waals surface area contributed by atoms with Crippen molar-refractivity contribution in [3.8, 4) is 0 Å². The van der Waals surface area contributed by atoms with E-state index in [1.165, 1.54) is 18.4 Å². The van der Waals surface area contributed by atoms with Gasteiger partial charge in [0.25, 0.3) is 0 Å². The van der Waals surface area contributed by atoms with Crippen LogP contribution in [0.3, 0.4) is 0 Å². The molecule has 6 heteroatoms. The van der Waals surface area contributed by atoms with Crippen LogP contribution in [0.5, 0.6) is 0 Å². The van der Waals surface area contributed by atoms with Crippen LogP contribution in [0.1, 0.15) is 0 Å². The maximum Gasteiger partial charge on any atom is 0.336 e. The summed E-state index contributed by atoms with van der Waals surface area (Å²) in [5.41, 5.74) is 0.896. The Morgan fingerprint density at radius 2 is 2.35 bits per heavy atom. The van der Waals surface area contributed by atoms with E-state index in [9.17, 15) is 9.90 Å². The van der Waals surface area contributed by atoms with Gasteiger partial charge < -0.3 is 15.2 Å². The molecule has 0 bridgehead atoms. The normalized spacial score (nSPS) is 12.4. The zero-order chi connectivity index (χ0) is 12.3. The number of aromatic nitrogens is 1. The second-order valence-corrected chi connectivity index (χ2v) is 4.44. The molecule has 1 aromatic heterocycles. The van der Waals surface area contributed by atoms with Crippen molar-refractivity contribution in [1.82, 2.24) is 4.98 Å². The van der Waals surface area contributed by atoms with Crippen molar-refractivity contribution in [3.05, 3.63) is 24.3 Å². The molecule has 5 nitrogen and oxygen atoms in total. The molecule has 0 aliphatic rings. The molecule has 1 aromatic carbocycles. The van der Waals surface area contributed by atoms with Crippen LogP contribution >= 0.6 is 11.3 Å². The number of carbonyl (C=O) groups excluding carboxylic acids is 1. The molecule has 1 atom stereocenters. The molecule has 2 aromatic rings. The minimum atomic E-state index is -1.17. The number of ether oxygens (including phenoxy) is 1. The molecule has 0 radical (unpaired) electrons. The standard InChI is InChI=1S/C11H12N2O3S/c1-16-10(15)8(14)6-12-11-13-7-4-2-3-5-9(7)17-11/h2-5,8,14H,6H2,1H3,(H,12,13)/t8-/m1/s1. The first-order chi connectivity index (χ1) is 8.20. The van der Waals surface area contributed by atoms with E-state index in [1.807, 2.05) is 24.3 Å². The number of para-hydroxylation sites is 1. The van der Waals surface area contributed by atoms with Gasteiger partial charge in [-0.1, -0.05) is 23.5 Å². The maximum absolute atomic E-state index is 11.0. The van der Waals surface area contributed by atoms with E-state index in [1.54, 1.807) is 0 Å². The van der Waals surface area contributed by atoms with E-state index in [0.717, 1.165) is 10.2 Å². The molecule has 0 saturated carbocycles. The lowest BCUT2D eigenvalue weighted by atomic mass is 10.3. The van der Waals surface area contributed by atoms with E-state index in [4.69, 9.17) is 0 Å². The lowest BCUT2D eigenvalue weighted by Gasteiger charge is -2.07. The van der Waals surface area contributed by atoms with Gasteiger partial charge in [0.2, 0.25) is 0 Å². The van der Waals surface area contributed by atoms with Crippen LogP contribution < -0.4 is 5.32 Å². The highest BCUT2D eigenvalue weighted by molar-refractivity contribution is 7.22. The van der Waals surface area contributed by atoms with Gasteiger partial charge >= 0.3 is 5.97 Å². The minimum absolute atomic E-state index is 0.0898. The first kappa shape index (κ1) is 11.8. The summed E-state index contributed by atoms with van der Waals surface area (Å²) in [5.74, 6) is -0.654. The summed E-state index contributed by atoms with van der Waals surface area (Å²) in [6, 6.07) is 7.73. The highest BCUT2D eigenvalue weighted by atomic mass is 32.1. The number of aliphatic hydroxyl groups is 1. The van der Waals surface area contributed by atoms with E-state index < -0.39 is 12.1 Å². The topological polar surface area (TPSA) is 71.5 Å². The summed E-state index contributed by atoms with van der Waals surface area (Å²) in [4.78, 5) is 15.3. The van der Waals surface area contributed by atoms with E-state index >= 15 is 0 Å². The number of esters is 1. The number of nitrogens with zero attached hydrogens (tertiary/aromatic N) is 1. The van der Waals surface area contributed by atoms with Crippen LogP contribution in [0.25, 0.3) is 10.2 Å². The number of hydrogen-bond donors (Lipinski definition) is 2. The molecule has 17 heavy (non-hydrogen) atoms. The molecule has 0 unspecified atom stereocenters. The average molecular weight is 252 g/mol. The van der Waals surface area contributed by atoms with Gasteiger partial charge in [-0.05, 0) is 12.1 Å². The molecular formula is C11H12N2O3S. The number of rotatable bonds is 4. The SMILES string of the molecule is COC(=O)[C@H](O)CNc1nc2ccccc2s1. The fraction of sp³-hybridized carbons (Fsp3) is 0.273. The van der Waals surface area contributed by atoms with Crippen LogP contribution in [-0.2, 0) is 9.53 Å². The van der Waals surface area contributed by atoms with Crippen molar-refractivity contribution in [2.45, 2.75) is 6.10 Å². The highest BCUT2D eigenvalue weighted by Crippen LogP contribution is 2.25. The summed E-state index contributed by atoms with van der Waals surface area (Å²) >= 11 is 1.47. The third-order valence-electron chi connectivity index (χ3n) is 2.21. The van der Waals surface area contributed by atoms with Crippen molar-refractivity contribution >= 4 is 32.7 Å². The van der Waals surface area contributed by atoms with Gasteiger partial charge in [-0.2, -0.15) is 0 Å². The van der Waals surface area contributed by atoms with E-state index in [-0.39, 0.29) is 6.54 Å². The smallest absolute Gasteiger partial charge is 0.336 e. The Hall–Kier alpha value is -1.66. The zero-order valence-corrected chi connectivity index (χ0v) is 10.0. The predicted octanol–water partition coefficient (Wildman–Crippen LogP) is 1.24. The lowest BCUT2D eigenvalue weighted by molar-refractivity contribution is -0.149. The number of nitrogens with one attached hydrogen (secondary N) is 1. The minimum Gasteiger partial charge on any atom is -0.467 e. The first-order valence-electron chi connectivity index (χ1n) is 5.06. The molecule has 0 amide bonds. The van der Waals surface area contributed by atoms with Crippen molar-refractivity contribution in [3.63, 3.8) is 0 Å². The summed E-state index contributed by atoms with van der Waals surface area (Å²) < 4.78 is 5.47. The monoisotopic (exact) mass is 252 g/mol. The summed E-state index contributed by atoms with van der Waals surface area (Å²) in [5, 5.41) is 13.0. The van der Waals surface area contributed by atoms with Crippen molar-refractivity contribution in [2.24, 2.45) is 0 Å². The van der Waals surface area contributed by atoms with Gasteiger partial charge in [0.05, 0.1) is 23.9 Å². The highest BCUT2D eigenvalue weighted by Gasteiger charge is 2.15. The number of anilines is 1. The molecule has 90 valence electrons. The first-order valence-corrected chi connectivity index (χ1v) is 5.87. The van der Waals surface area contributed by atoms with Crippen molar-refractivity contribution in [2.75, 3.05) is 19.0 Å². The zero-order valence-electron chi connectivity index (χ0n) is 9.21. The second kappa shape index (κ2) is 5.11. The predicted molar refractivity (Wildman–Crippen MR) is 66.1 cm³/mol. The molecule has 0 aliphatic carbocycles. The molecular weight excluding hydrogens is 240 g/mol. The van der Waals surface area contributed by atoms with Crippen LogP contribution in [0.15, 0.2) is 24.3 Å². The average Bonchev–Trinajstić information content (AvgIpc) is 2.77. The van der Waals surface area contributed by atoms with Gasteiger partial charge in [-0.25, -0.2) is 9.78 Å². The van der Waals surface area contributed by atoms with Gasteiger partial charge in [-0.3, -0.25) is 0 Å². The maximum atomic E-state index is 11.0. The number of methoxy groups -OCH3 is 1. The quantitative estimate of drug-likeness (QED) is 0.801. The number of thiazole rings is 1. The Morgan fingerprint density at radius 1 is 1.59 bits per heavy atom. The number of benzene rings is 1. The van der Waals surface area contributed by atoms with Gasteiger partial charge in [0, 0.05) is 0 Å². The molecule has 2 rings (SSSR count). The van der Waals surface area contributed by atoms with Crippen LogP contribution in [-0.4, -0.2) is 35.8 Å². The fourth-order valence-corrected chi connectivity index (χ4v) is 2.22. The lowest BCUT2D eigenvalue weighted by Crippen LogP contribution is -2.29. The summed E-state index contributed by atoms with van der Waals surface area (Å²) in [6.45, 7) is 0.0898. The summed E-state index contributed by atoms with van der Waals surface area (Å²) in [6.07, 6.45) is -1.17. The second-order valence-electron chi connectivity index (χ2n) is 3.41. The van der Waals surface area contributed by atoms with Crippen LogP contribution in [0.4, 0.5) is 5.13 Å². The van der Waals surface area contributed by atoms with Crippen molar-refractivity contribution < 1.29 is 14.6 Å². The molecule has 0 fully saturated rings. The number of carbonyl (C=O) groups is 1. The largest absolute Gasteiger partial charge is 0.467 e. The Bertz CT molecular complexity index is 493. The van der Waals surface area contributed by atoms with E-state index in [2.05, 4.69) is 15.0 Å². The van der Waals surface area contributed by atoms with Crippen LogP contribution in [0.2, 0.25) is 0 Å². The number of fused-ring (bicyclic) bond motifs is 1. The number of aliphatic hydroxyl groups excluding tert-OH is 1. The molecule has 2 N–H and O–H groups in total. The van der Waals surface area contributed by atoms with Gasteiger partial charge in [0.1, 0.15) is 0 Å². The van der Waals surface area contributed by atoms with E-state index in [0.29, 0.717) is 5.13 Å². The van der Waals surface area contributed by atoms with Gasteiger partial charge in [0.15, 0.2) is 11.2 Å². The Kier molecular flexibility index (Phi) is 3.55. The molecule has 0 aliphatic heterocycles. The number of hydrogen-bond acceptors (Lipinski definition) is 6. The fourth-order valence-electron chi connectivity index (χ4n) is 1.35. The Balaban J connectivity index is 2.01.